The number of rotatable bonds is 26. The molecule has 0 aliphatic rings. The van der Waals surface area contributed by atoms with E-state index in [0.29, 0.717) is 19.3 Å². The molecule has 0 aliphatic heterocycles. The van der Waals surface area contributed by atoms with Crippen LogP contribution in [-0.4, -0.2) is 79.7 Å². The number of aliphatic hydroxyl groups excluding tert-OH is 3. The Morgan fingerprint density at radius 1 is 0.523 bits per heavy atom. The van der Waals surface area contributed by atoms with Crippen molar-refractivity contribution >= 4 is 19.3 Å². The Kier molecular flexibility index (Phi) is 46.6. The number of carbonyl (C=O) groups is 2. The maximum absolute atomic E-state index is 10.3. The lowest BCUT2D eigenvalue weighted by Gasteiger charge is -2.24. The smallest absolute Gasteiger partial charge is 0.481 e. The van der Waals surface area contributed by atoms with Crippen LogP contribution in [0, 0.1) is 5.41 Å². The largest absolute Gasteiger partial charge is 0.631 e. The molecule has 8 N–H and O–H groups in total. The van der Waals surface area contributed by atoms with Crippen molar-refractivity contribution in [2.75, 3.05) is 19.8 Å². The van der Waals surface area contributed by atoms with Crippen LogP contribution >= 0.6 is 0 Å². The first kappa shape index (κ1) is 49.4. The summed E-state index contributed by atoms with van der Waals surface area (Å²) in [6.07, 6.45) is 29.1. The van der Waals surface area contributed by atoms with Gasteiger partial charge in [-0.25, -0.2) is 0 Å². The summed E-state index contributed by atoms with van der Waals surface area (Å²) in [5, 5.41) is 64.3. The topological polar surface area (TPSA) is 196 Å². The molecule has 11 heteroatoms. The molecule has 0 saturated heterocycles. The molecule has 0 unspecified atom stereocenters. The van der Waals surface area contributed by atoms with Gasteiger partial charge in [0.25, 0.3) is 0 Å². The molecule has 0 radical (unpaired) electrons. The second-order valence-corrected chi connectivity index (χ2v) is 11.3. The van der Waals surface area contributed by atoms with Gasteiger partial charge in [0.15, 0.2) is 0 Å². The molecule has 0 atom stereocenters. The third-order valence-electron chi connectivity index (χ3n) is 7.15. The highest BCUT2D eigenvalue weighted by atomic mass is 16.5. The van der Waals surface area contributed by atoms with Crippen molar-refractivity contribution in [3.63, 3.8) is 0 Å². The van der Waals surface area contributed by atoms with E-state index in [1.165, 1.54) is 96.3 Å². The van der Waals surface area contributed by atoms with E-state index in [-0.39, 0.29) is 19.8 Å². The predicted molar refractivity (Wildman–Crippen MR) is 179 cm³/mol. The summed E-state index contributed by atoms with van der Waals surface area (Å²) in [6, 6.07) is 0. The number of aliphatic hydroxyl groups is 3. The van der Waals surface area contributed by atoms with Gasteiger partial charge in [-0.15, -0.1) is 0 Å². The lowest BCUT2D eigenvalue weighted by atomic mass is 9.88. The molecular formula is C33H69BO10. The minimum absolute atomic E-state index is 0.156. The number of aliphatic carboxylic acids is 2. The molecule has 0 bridgehead atoms. The minimum Gasteiger partial charge on any atom is -0.481 e. The Balaban J connectivity index is -0.000000280. The van der Waals surface area contributed by atoms with Gasteiger partial charge in [0.05, 0.1) is 19.8 Å². The molecule has 0 fully saturated rings. The van der Waals surface area contributed by atoms with Gasteiger partial charge in [0.2, 0.25) is 0 Å². The molecule has 0 aromatic heterocycles. The fraction of sp³-hybridized carbons (Fsp3) is 0.879. The first-order valence-corrected chi connectivity index (χ1v) is 17.0. The predicted octanol–water partition coefficient (Wildman–Crippen LogP) is 6.24. The monoisotopic (exact) mass is 636 g/mol. The number of carboxylic acids is 2. The molecule has 0 spiro atoms. The van der Waals surface area contributed by atoms with Gasteiger partial charge in [-0.2, -0.15) is 0 Å². The molecule has 10 nitrogen and oxygen atoms in total. The van der Waals surface area contributed by atoms with Crippen molar-refractivity contribution < 1.29 is 50.2 Å². The number of carboxylic acid groups (broad SMARTS) is 2. The average molecular weight is 637 g/mol. The summed E-state index contributed by atoms with van der Waals surface area (Å²) in [5.41, 5.74) is -0.667. The van der Waals surface area contributed by atoms with Crippen molar-refractivity contribution in [1.82, 2.24) is 0 Å². The molecule has 0 aromatic carbocycles. The number of hydrogen-bond donors (Lipinski definition) is 8. The maximum Gasteiger partial charge on any atom is 0.631 e. The quantitative estimate of drug-likeness (QED) is 0.0306. The van der Waals surface area contributed by atoms with Crippen molar-refractivity contribution in [1.29, 1.82) is 0 Å². The lowest BCUT2D eigenvalue weighted by Crippen LogP contribution is -2.32. The highest BCUT2D eigenvalue weighted by Crippen LogP contribution is 2.18. The molecular weight excluding hydrogens is 567 g/mol. The second kappa shape index (κ2) is 41.5. The molecule has 0 amide bonds. The zero-order chi connectivity index (χ0) is 34.3. The van der Waals surface area contributed by atoms with Crippen LogP contribution in [0.3, 0.4) is 0 Å². The Labute approximate surface area is 268 Å². The number of hydrogen-bond acceptors (Lipinski definition) is 8. The zero-order valence-corrected chi connectivity index (χ0v) is 28.3. The van der Waals surface area contributed by atoms with Crippen LogP contribution in [0.25, 0.3) is 0 Å². The highest BCUT2D eigenvalue weighted by Gasteiger charge is 2.24. The maximum atomic E-state index is 10.3. The van der Waals surface area contributed by atoms with Crippen LogP contribution < -0.4 is 0 Å². The Morgan fingerprint density at radius 3 is 1.02 bits per heavy atom. The fourth-order valence-corrected chi connectivity index (χ4v) is 3.89. The SMILES string of the molecule is CCC(CO)(CO)CO.CCCCCCCC/C=C\CCCCCCCC(=O)O.CCCCCCCCC(=O)O.OB(O)O. The van der Waals surface area contributed by atoms with E-state index in [1.54, 1.807) is 0 Å². The van der Waals surface area contributed by atoms with Gasteiger partial charge in [0, 0.05) is 18.3 Å². The Bertz CT molecular complexity index is 579. The van der Waals surface area contributed by atoms with Crippen LogP contribution in [0.4, 0.5) is 0 Å². The van der Waals surface area contributed by atoms with E-state index in [1.807, 2.05) is 6.92 Å². The standard InChI is InChI=1S/C18H34O2.C9H18O2.C6H14O3.BH3O3/c1-2-3-4-5-6-7-8-9-10-11-12-13-14-15-16-17-18(19)20;1-2-3-4-5-6-7-8-9(10)11;1-2-6(3-7,4-8)5-9;2-1(3)4/h9-10H,2-8,11-17H2,1H3,(H,19,20);2-8H2,1H3,(H,10,11);7-9H,2-5H2,1H3;2-4H/b10-9-;;;. The summed E-state index contributed by atoms with van der Waals surface area (Å²) in [5.74, 6) is -1.33. The second-order valence-electron chi connectivity index (χ2n) is 11.3. The van der Waals surface area contributed by atoms with E-state index < -0.39 is 24.7 Å². The third-order valence-corrected chi connectivity index (χ3v) is 7.15. The van der Waals surface area contributed by atoms with Gasteiger partial charge >= 0.3 is 19.3 Å². The fourth-order valence-electron chi connectivity index (χ4n) is 3.89. The summed E-state index contributed by atoms with van der Waals surface area (Å²) in [4.78, 5) is 20.4. The van der Waals surface area contributed by atoms with E-state index >= 15 is 0 Å². The molecule has 0 aliphatic carbocycles. The summed E-state index contributed by atoms with van der Waals surface area (Å²) in [7, 11) is -2.17. The van der Waals surface area contributed by atoms with Crippen molar-refractivity contribution in [2.24, 2.45) is 5.41 Å². The summed E-state index contributed by atoms with van der Waals surface area (Å²) in [6.45, 7) is 5.79. The molecule has 0 rings (SSSR count). The lowest BCUT2D eigenvalue weighted by molar-refractivity contribution is -0.138. The number of unbranched alkanes of at least 4 members (excludes halogenated alkanes) is 16. The molecule has 0 aromatic rings. The first-order chi connectivity index (χ1) is 21.0. The molecule has 44 heavy (non-hydrogen) atoms. The van der Waals surface area contributed by atoms with Crippen LogP contribution in [0.5, 0.6) is 0 Å². The van der Waals surface area contributed by atoms with Gasteiger partial charge in [0.1, 0.15) is 0 Å². The summed E-state index contributed by atoms with van der Waals surface area (Å²) < 4.78 is 0. The molecule has 0 heterocycles. The van der Waals surface area contributed by atoms with Crippen molar-refractivity contribution in [2.45, 2.75) is 162 Å². The van der Waals surface area contributed by atoms with Crippen LogP contribution in [0.2, 0.25) is 0 Å². The Hall–Kier alpha value is -1.50. The van der Waals surface area contributed by atoms with Crippen molar-refractivity contribution in [3.8, 4) is 0 Å². The summed E-state index contributed by atoms with van der Waals surface area (Å²) >= 11 is 0. The highest BCUT2D eigenvalue weighted by molar-refractivity contribution is 6.30. The third kappa shape index (κ3) is 50.1. The van der Waals surface area contributed by atoms with Gasteiger partial charge in [-0.3, -0.25) is 9.59 Å². The first-order valence-electron chi connectivity index (χ1n) is 17.0. The van der Waals surface area contributed by atoms with Crippen LogP contribution in [-0.2, 0) is 9.59 Å². The van der Waals surface area contributed by atoms with E-state index in [4.69, 9.17) is 40.6 Å². The molecule has 0 saturated carbocycles. The van der Waals surface area contributed by atoms with Gasteiger partial charge < -0.3 is 40.6 Å². The normalized spacial score (nSPS) is 10.7. The number of allylic oxidation sites excluding steroid dienone is 2. The van der Waals surface area contributed by atoms with Crippen LogP contribution in [0.15, 0.2) is 12.2 Å². The van der Waals surface area contributed by atoms with E-state index in [2.05, 4.69) is 26.0 Å². The van der Waals surface area contributed by atoms with E-state index in [9.17, 15) is 9.59 Å². The van der Waals surface area contributed by atoms with Gasteiger partial charge in [-0.05, 0) is 44.9 Å². The molecule has 264 valence electrons. The van der Waals surface area contributed by atoms with Crippen molar-refractivity contribution in [3.05, 3.63) is 12.2 Å². The zero-order valence-electron chi connectivity index (χ0n) is 28.3. The van der Waals surface area contributed by atoms with E-state index in [0.717, 1.165) is 25.7 Å². The minimum atomic E-state index is -2.17. The van der Waals surface area contributed by atoms with Gasteiger partial charge in [-0.1, -0.05) is 116 Å². The Morgan fingerprint density at radius 2 is 0.795 bits per heavy atom. The van der Waals surface area contributed by atoms with Crippen LogP contribution in [0.1, 0.15) is 162 Å². The average Bonchev–Trinajstić information content (AvgIpc) is 2.98.